The number of nitrogens with zero attached hydrogens (tertiary/aromatic N) is 3. The number of hydrogen-bond donors (Lipinski definition) is 1. The number of fused-ring (bicyclic) bond motifs is 1. The molecule has 2 rings (SSSR count). The number of aromatic nitrogens is 2. The number of hydrogen-bond acceptors (Lipinski definition) is 3. The normalized spacial score (nSPS) is 17.9. The van der Waals surface area contributed by atoms with Gasteiger partial charge in [-0.05, 0) is 6.92 Å². The molecule has 0 radical (unpaired) electrons. The summed E-state index contributed by atoms with van der Waals surface area (Å²) in [4.78, 5) is 4.47. The third kappa shape index (κ3) is 1.15. The van der Waals surface area contributed by atoms with Crippen LogP contribution in [0.25, 0.3) is 0 Å². The largest absolute Gasteiger partial charge is 0.335 e. The van der Waals surface area contributed by atoms with Crippen molar-refractivity contribution in [2.45, 2.75) is 19.9 Å². The SMILES string of the molecule is Cc1nc2c(n1C)CCN(S)C2. The second-order valence-corrected chi connectivity index (χ2v) is 3.82. The maximum Gasteiger partial charge on any atom is 0.105 e. The number of thiol groups is 1. The molecule has 0 N–H and O–H groups in total. The molecule has 1 aliphatic rings. The quantitative estimate of drug-likeness (QED) is 0.604. The van der Waals surface area contributed by atoms with Crippen molar-refractivity contribution in [2.24, 2.45) is 7.05 Å². The maximum absolute atomic E-state index is 4.47. The van der Waals surface area contributed by atoms with E-state index < -0.39 is 0 Å². The van der Waals surface area contributed by atoms with Crippen molar-refractivity contribution < 1.29 is 0 Å². The molecule has 0 aliphatic carbocycles. The summed E-state index contributed by atoms with van der Waals surface area (Å²) in [5.74, 6) is 1.10. The van der Waals surface area contributed by atoms with Gasteiger partial charge >= 0.3 is 0 Å². The fraction of sp³-hybridized carbons (Fsp3) is 0.625. The molecule has 0 bridgehead atoms. The van der Waals surface area contributed by atoms with Crippen LogP contribution in [0.1, 0.15) is 17.2 Å². The summed E-state index contributed by atoms with van der Waals surface area (Å²) in [6.45, 7) is 3.94. The molecule has 0 saturated carbocycles. The van der Waals surface area contributed by atoms with Crippen molar-refractivity contribution in [3.8, 4) is 0 Å². The predicted molar refractivity (Wildman–Crippen MR) is 51.0 cm³/mol. The van der Waals surface area contributed by atoms with Gasteiger partial charge in [0.25, 0.3) is 0 Å². The van der Waals surface area contributed by atoms with E-state index >= 15 is 0 Å². The van der Waals surface area contributed by atoms with Gasteiger partial charge in [-0.3, -0.25) is 0 Å². The van der Waals surface area contributed by atoms with E-state index in [0.29, 0.717) is 0 Å². The lowest BCUT2D eigenvalue weighted by atomic mass is 10.2. The highest BCUT2D eigenvalue weighted by Crippen LogP contribution is 2.19. The van der Waals surface area contributed by atoms with Crippen molar-refractivity contribution in [1.29, 1.82) is 0 Å². The average molecular weight is 183 g/mol. The first-order valence-electron chi connectivity index (χ1n) is 4.13. The fourth-order valence-electron chi connectivity index (χ4n) is 1.65. The van der Waals surface area contributed by atoms with Crippen molar-refractivity contribution >= 4 is 12.8 Å². The van der Waals surface area contributed by atoms with Gasteiger partial charge in [-0.15, -0.1) is 0 Å². The first-order valence-corrected chi connectivity index (χ1v) is 4.53. The Hall–Kier alpha value is -0.480. The minimum Gasteiger partial charge on any atom is -0.335 e. The first-order chi connectivity index (χ1) is 5.68. The molecule has 4 heteroatoms. The van der Waals surface area contributed by atoms with E-state index in [4.69, 9.17) is 0 Å². The second-order valence-electron chi connectivity index (χ2n) is 3.25. The Kier molecular flexibility index (Phi) is 1.88. The molecule has 0 atom stereocenters. The summed E-state index contributed by atoms with van der Waals surface area (Å²) >= 11 is 4.31. The van der Waals surface area contributed by atoms with Gasteiger partial charge in [-0.25, -0.2) is 9.29 Å². The van der Waals surface area contributed by atoms with Gasteiger partial charge in [0, 0.05) is 25.7 Å². The van der Waals surface area contributed by atoms with Crippen LogP contribution in [-0.4, -0.2) is 20.4 Å². The van der Waals surface area contributed by atoms with E-state index in [-0.39, 0.29) is 0 Å². The molecule has 1 aliphatic heterocycles. The molecule has 3 nitrogen and oxygen atoms in total. The van der Waals surface area contributed by atoms with Gasteiger partial charge < -0.3 is 4.57 Å². The minimum atomic E-state index is 0.875. The van der Waals surface area contributed by atoms with E-state index in [1.807, 2.05) is 11.2 Å². The molecule has 1 aromatic rings. The van der Waals surface area contributed by atoms with E-state index in [1.54, 1.807) is 0 Å². The van der Waals surface area contributed by atoms with Gasteiger partial charge in [0.15, 0.2) is 0 Å². The maximum atomic E-state index is 4.47. The molecule has 0 saturated heterocycles. The Bertz CT molecular complexity index is 305. The summed E-state index contributed by atoms with van der Waals surface area (Å²) in [6.07, 6.45) is 1.07. The van der Waals surface area contributed by atoms with Crippen LogP contribution in [0.2, 0.25) is 0 Å². The van der Waals surface area contributed by atoms with Crippen LogP contribution >= 0.6 is 12.8 Å². The van der Waals surface area contributed by atoms with Crippen LogP contribution in [0.5, 0.6) is 0 Å². The lowest BCUT2D eigenvalue weighted by Crippen LogP contribution is -2.23. The van der Waals surface area contributed by atoms with Gasteiger partial charge in [0.2, 0.25) is 0 Å². The Balaban J connectivity index is 2.43. The van der Waals surface area contributed by atoms with Crippen LogP contribution in [0.15, 0.2) is 0 Å². The lowest BCUT2D eigenvalue weighted by molar-refractivity contribution is 0.436. The highest BCUT2D eigenvalue weighted by Gasteiger charge is 2.19. The molecule has 12 heavy (non-hydrogen) atoms. The second kappa shape index (κ2) is 2.78. The van der Waals surface area contributed by atoms with Crippen molar-refractivity contribution in [1.82, 2.24) is 13.9 Å². The molecule has 0 aromatic carbocycles. The monoisotopic (exact) mass is 183 g/mol. The van der Waals surface area contributed by atoms with Crippen LogP contribution in [0, 0.1) is 6.92 Å². The van der Waals surface area contributed by atoms with Crippen LogP contribution in [0.3, 0.4) is 0 Å². The molecule has 0 amide bonds. The fourth-order valence-corrected chi connectivity index (χ4v) is 1.88. The first kappa shape index (κ1) is 8.13. The van der Waals surface area contributed by atoms with Crippen molar-refractivity contribution in [3.05, 3.63) is 17.2 Å². The van der Waals surface area contributed by atoms with E-state index in [2.05, 4.69) is 29.4 Å². The van der Waals surface area contributed by atoms with Crippen LogP contribution in [0.4, 0.5) is 0 Å². The van der Waals surface area contributed by atoms with E-state index in [0.717, 1.165) is 25.3 Å². The van der Waals surface area contributed by atoms with E-state index in [9.17, 15) is 0 Å². The van der Waals surface area contributed by atoms with Gasteiger partial charge in [0.1, 0.15) is 5.82 Å². The zero-order valence-electron chi connectivity index (χ0n) is 7.41. The van der Waals surface area contributed by atoms with Gasteiger partial charge in [0.05, 0.1) is 12.2 Å². The Morgan fingerprint density at radius 3 is 3.00 bits per heavy atom. The topological polar surface area (TPSA) is 21.1 Å². The van der Waals surface area contributed by atoms with Gasteiger partial charge in [-0.2, -0.15) is 0 Å². The standard InChI is InChI=1S/C8H13N3S/c1-6-9-7-5-11(12)4-3-8(7)10(6)2/h12H,3-5H2,1-2H3. The predicted octanol–water partition coefficient (Wildman–Crippen LogP) is 0.931. The summed E-state index contributed by atoms with van der Waals surface area (Å²) in [5.41, 5.74) is 2.56. The smallest absolute Gasteiger partial charge is 0.105 e. The summed E-state index contributed by atoms with van der Waals surface area (Å²) < 4.78 is 4.19. The van der Waals surface area contributed by atoms with Crippen LogP contribution in [-0.2, 0) is 20.0 Å². The molecular formula is C8H13N3S. The van der Waals surface area contributed by atoms with Crippen molar-refractivity contribution in [3.63, 3.8) is 0 Å². The number of imidazole rings is 1. The molecule has 1 aromatic heterocycles. The molecule has 0 unspecified atom stereocenters. The minimum absolute atomic E-state index is 0.875. The number of rotatable bonds is 0. The molecule has 0 fully saturated rings. The Morgan fingerprint density at radius 2 is 2.25 bits per heavy atom. The molecule has 0 spiro atoms. The van der Waals surface area contributed by atoms with Crippen LogP contribution < -0.4 is 0 Å². The Morgan fingerprint density at radius 1 is 1.50 bits per heavy atom. The lowest BCUT2D eigenvalue weighted by Gasteiger charge is -2.20. The third-order valence-electron chi connectivity index (χ3n) is 2.46. The third-order valence-corrected chi connectivity index (χ3v) is 2.80. The van der Waals surface area contributed by atoms with Crippen molar-refractivity contribution in [2.75, 3.05) is 6.54 Å². The van der Waals surface area contributed by atoms with Gasteiger partial charge in [-0.1, -0.05) is 12.8 Å². The molecule has 66 valence electrons. The summed E-state index contributed by atoms with van der Waals surface area (Å²) in [6, 6.07) is 0. The molecular weight excluding hydrogens is 170 g/mol. The average Bonchev–Trinajstić information content (AvgIpc) is 2.28. The zero-order valence-corrected chi connectivity index (χ0v) is 8.30. The zero-order chi connectivity index (χ0) is 8.72. The Labute approximate surface area is 77.9 Å². The number of aryl methyl sites for hydroxylation is 1. The summed E-state index contributed by atoms with van der Waals surface area (Å²) in [5, 5.41) is 0. The summed E-state index contributed by atoms with van der Waals surface area (Å²) in [7, 11) is 2.08. The highest BCUT2D eigenvalue weighted by atomic mass is 32.1. The highest BCUT2D eigenvalue weighted by molar-refractivity contribution is 7.77. The van der Waals surface area contributed by atoms with E-state index in [1.165, 1.54) is 11.4 Å². The molecule has 2 heterocycles.